The van der Waals surface area contributed by atoms with Crippen LogP contribution in [0.2, 0.25) is 0 Å². The lowest BCUT2D eigenvalue weighted by Crippen LogP contribution is -2.20. The van der Waals surface area contributed by atoms with Crippen LogP contribution in [-0.4, -0.2) is 46.4 Å². The summed E-state index contributed by atoms with van der Waals surface area (Å²) in [6.07, 6.45) is 3.72. The van der Waals surface area contributed by atoms with Crippen molar-refractivity contribution in [3.05, 3.63) is 71.8 Å². The Bertz CT molecular complexity index is 1310. The molecule has 2 aromatic carbocycles. The molecule has 1 amide bonds. The van der Waals surface area contributed by atoms with Crippen LogP contribution >= 0.6 is 12.2 Å². The minimum atomic E-state index is -0.298. The Kier molecular flexibility index (Phi) is 6.45. The quantitative estimate of drug-likeness (QED) is 0.398. The van der Waals surface area contributed by atoms with Crippen molar-refractivity contribution in [2.45, 2.75) is 6.54 Å². The van der Waals surface area contributed by atoms with Gasteiger partial charge < -0.3 is 19.5 Å². The zero-order chi connectivity index (χ0) is 23.4. The lowest BCUT2D eigenvalue weighted by atomic mass is 10.2. The average Bonchev–Trinajstić information content (AvgIpc) is 3.47. The van der Waals surface area contributed by atoms with Crippen molar-refractivity contribution in [3.63, 3.8) is 0 Å². The standard InChI is InChI=1S/C23H23N5O4S/c1-30-17-8-6-16(7-9-17)22-25-27(23(33)28(22)26-12-4-5-13-26)15-21(29)24-19-11-10-18(31-2)14-20(19)32-3/h4-14H,15H2,1-3H3,(H,24,29). The number of methoxy groups -OCH3 is 3. The first-order chi connectivity index (χ1) is 16.0. The van der Waals surface area contributed by atoms with Crippen LogP contribution in [0.25, 0.3) is 11.4 Å². The number of anilines is 1. The van der Waals surface area contributed by atoms with E-state index < -0.39 is 0 Å². The fraction of sp³-hybridized carbons (Fsp3) is 0.174. The number of hydrogen-bond acceptors (Lipinski definition) is 6. The number of amides is 1. The van der Waals surface area contributed by atoms with E-state index in [0.29, 0.717) is 27.8 Å². The molecule has 4 rings (SSSR count). The summed E-state index contributed by atoms with van der Waals surface area (Å²) < 4.78 is 21.2. The van der Waals surface area contributed by atoms with Gasteiger partial charge >= 0.3 is 0 Å². The smallest absolute Gasteiger partial charge is 0.246 e. The molecule has 2 heterocycles. The first-order valence-electron chi connectivity index (χ1n) is 10.0. The number of benzene rings is 2. The summed E-state index contributed by atoms with van der Waals surface area (Å²) in [6, 6.07) is 16.4. The summed E-state index contributed by atoms with van der Waals surface area (Å²) in [6.45, 7) is -0.0779. The highest BCUT2D eigenvalue weighted by atomic mass is 32.1. The van der Waals surface area contributed by atoms with Gasteiger partial charge in [-0.25, -0.2) is 9.36 Å². The van der Waals surface area contributed by atoms with E-state index in [2.05, 4.69) is 10.4 Å². The zero-order valence-electron chi connectivity index (χ0n) is 18.4. The molecule has 2 aromatic heterocycles. The molecule has 1 N–H and O–H groups in total. The maximum absolute atomic E-state index is 12.8. The van der Waals surface area contributed by atoms with E-state index in [-0.39, 0.29) is 12.5 Å². The molecule has 170 valence electrons. The largest absolute Gasteiger partial charge is 0.497 e. The molecule has 33 heavy (non-hydrogen) atoms. The molecule has 0 spiro atoms. The highest BCUT2D eigenvalue weighted by molar-refractivity contribution is 7.71. The van der Waals surface area contributed by atoms with Gasteiger partial charge in [-0.15, -0.1) is 5.10 Å². The van der Waals surface area contributed by atoms with Gasteiger partial charge in [-0.05, 0) is 60.7 Å². The molecule has 4 aromatic rings. The molecular weight excluding hydrogens is 442 g/mol. The monoisotopic (exact) mass is 465 g/mol. The van der Waals surface area contributed by atoms with Gasteiger partial charge in [0, 0.05) is 24.0 Å². The minimum absolute atomic E-state index is 0.0779. The van der Waals surface area contributed by atoms with Gasteiger partial charge in [0.15, 0.2) is 5.82 Å². The number of nitrogens with one attached hydrogen (secondary N) is 1. The third-order valence-corrected chi connectivity index (χ3v) is 5.35. The van der Waals surface area contributed by atoms with Gasteiger partial charge in [0.05, 0.1) is 27.0 Å². The van der Waals surface area contributed by atoms with Gasteiger partial charge in [-0.2, -0.15) is 0 Å². The maximum atomic E-state index is 12.8. The summed E-state index contributed by atoms with van der Waals surface area (Å²) in [5.41, 5.74) is 1.35. The van der Waals surface area contributed by atoms with E-state index in [1.54, 1.807) is 37.1 Å². The number of aromatic nitrogens is 4. The SMILES string of the molecule is COc1ccc(-c2nn(CC(=O)Nc3ccc(OC)cc3OC)c(=S)n2-n2cccc2)cc1. The second-order valence-corrected chi connectivity index (χ2v) is 7.35. The van der Waals surface area contributed by atoms with Crippen molar-refractivity contribution < 1.29 is 19.0 Å². The summed E-state index contributed by atoms with van der Waals surface area (Å²) >= 11 is 5.67. The Balaban J connectivity index is 1.66. The third kappa shape index (κ3) is 4.60. The molecule has 10 heteroatoms. The fourth-order valence-corrected chi connectivity index (χ4v) is 3.60. The number of carbonyl (C=O) groups excluding carboxylic acids is 1. The molecule has 0 aliphatic heterocycles. The van der Waals surface area contributed by atoms with E-state index in [4.69, 9.17) is 26.4 Å². The second-order valence-electron chi connectivity index (χ2n) is 6.98. The molecule has 0 saturated carbocycles. The van der Waals surface area contributed by atoms with Gasteiger partial charge in [0.2, 0.25) is 10.7 Å². The molecular formula is C23H23N5O4S. The van der Waals surface area contributed by atoms with E-state index in [9.17, 15) is 4.79 Å². The summed E-state index contributed by atoms with van der Waals surface area (Å²) in [5.74, 6) is 2.14. The predicted octanol–water partition coefficient (Wildman–Crippen LogP) is 3.86. The highest BCUT2D eigenvalue weighted by Gasteiger charge is 2.17. The molecule has 0 radical (unpaired) electrons. The van der Waals surface area contributed by atoms with Crippen molar-refractivity contribution in [1.29, 1.82) is 0 Å². The molecule has 0 aliphatic rings. The number of carbonyl (C=O) groups is 1. The highest BCUT2D eigenvalue weighted by Crippen LogP contribution is 2.29. The first kappa shape index (κ1) is 22.2. The Morgan fingerprint density at radius 1 is 0.970 bits per heavy atom. The van der Waals surface area contributed by atoms with Crippen molar-refractivity contribution in [3.8, 4) is 28.6 Å². The first-order valence-corrected chi connectivity index (χ1v) is 10.4. The van der Waals surface area contributed by atoms with Crippen molar-refractivity contribution in [2.24, 2.45) is 0 Å². The van der Waals surface area contributed by atoms with Gasteiger partial charge in [-0.1, -0.05) is 0 Å². The van der Waals surface area contributed by atoms with Crippen molar-refractivity contribution >= 4 is 23.8 Å². The molecule has 0 fully saturated rings. The Morgan fingerprint density at radius 3 is 2.27 bits per heavy atom. The van der Waals surface area contributed by atoms with Crippen LogP contribution in [-0.2, 0) is 11.3 Å². The molecule has 9 nitrogen and oxygen atoms in total. The predicted molar refractivity (Wildman–Crippen MR) is 126 cm³/mol. The Hall–Kier alpha value is -4.05. The minimum Gasteiger partial charge on any atom is -0.497 e. The third-order valence-electron chi connectivity index (χ3n) is 4.96. The van der Waals surface area contributed by atoms with Crippen LogP contribution in [0.5, 0.6) is 17.2 Å². The second kappa shape index (κ2) is 9.61. The lowest BCUT2D eigenvalue weighted by Gasteiger charge is -2.11. The average molecular weight is 466 g/mol. The zero-order valence-corrected chi connectivity index (χ0v) is 19.2. The summed E-state index contributed by atoms with van der Waals surface area (Å²) in [5, 5.41) is 7.49. The topological polar surface area (TPSA) is 84.5 Å². The number of nitrogens with zero attached hydrogens (tertiary/aromatic N) is 4. The van der Waals surface area contributed by atoms with Gasteiger partial charge in [-0.3, -0.25) is 9.47 Å². The summed E-state index contributed by atoms with van der Waals surface area (Å²) in [4.78, 5) is 12.8. The van der Waals surface area contributed by atoms with Crippen LogP contribution in [0.3, 0.4) is 0 Å². The molecule has 0 aliphatic carbocycles. The maximum Gasteiger partial charge on any atom is 0.246 e. The lowest BCUT2D eigenvalue weighted by molar-refractivity contribution is -0.116. The molecule has 0 atom stereocenters. The molecule has 0 unspecified atom stereocenters. The number of rotatable bonds is 8. The van der Waals surface area contributed by atoms with Gasteiger partial charge in [0.1, 0.15) is 23.8 Å². The Morgan fingerprint density at radius 2 is 1.64 bits per heavy atom. The van der Waals surface area contributed by atoms with E-state index in [0.717, 1.165) is 11.3 Å². The van der Waals surface area contributed by atoms with Crippen LogP contribution in [0.4, 0.5) is 5.69 Å². The van der Waals surface area contributed by atoms with Gasteiger partial charge in [0.25, 0.3) is 0 Å². The Labute approximate surface area is 195 Å². The molecule has 0 bridgehead atoms. The van der Waals surface area contributed by atoms with Crippen LogP contribution in [0, 0.1) is 4.77 Å². The van der Waals surface area contributed by atoms with E-state index >= 15 is 0 Å². The molecule has 0 saturated heterocycles. The van der Waals surface area contributed by atoms with Crippen LogP contribution < -0.4 is 19.5 Å². The normalized spacial score (nSPS) is 10.6. The summed E-state index contributed by atoms with van der Waals surface area (Å²) in [7, 11) is 4.71. The number of hydrogen-bond donors (Lipinski definition) is 1. The number of ether oxygens (including phenoxy) is 3. The fourth-order valence-electron chi connectivity index (χ4n) is 3.32. The van der Waals surface area contributed by atoms with E-state index in [1.165, 1.54) is 11.8 Å². The van der Waals surface area contributed by atoms with E-state index in [1.807, 2.05) is 53.5 Å². The van der Waals surface area contributed by atoms with Crippen molar-refractivity contribution in [1.82, 2.24) is 19.1 Å². The van der Waals surface area contributed by atoms with Crippen LogP contribution in [0.15, 0.2) is 67.0 Å². The van der Waals surface area contributed by atoms with Crippen LogP contribution in [0.1, 0.15) is 0 Å². The van der Waals surface area contributed by atoms with Crippen molar-refractivity contribution in [2.75, 3.05) is 26.6 Å².